The van der Waals surface area contributed by atoms with E-state index in [2.05, 4.69) is 0 Å². The molecule has 14 heteroatoms. The summed E-state index contributed by atoms with van der Waals surface area (Å²) in [5.74, 6) is 2.21. The summed E-state index contributed by atoms with van der Waals surface area (Å²) in [5, 5.41) is 71.2. The van der Waals surface area contributed by atoms with Gasteiger partial charge in [0.25, 0.3) is 0 Å². The zero-order valence-corrected chi connectivity index (χ0v) is 33.2. The van der Waals surface area contributed by atoms with Crippen molar-refractivity contribution in [1.29, 1.82) is 42.1 Å². The summed E-state index contributed by atoms with van der Waals surface area (Å²) in [5.41, 5.74) is 2.55. The number of ether oxygens (including phenoxy) is 6. The smallest absolute Gasteiger partial charge is 0.130 e. The molecule has 304 valence electrons. The highest BCUT2D eigenvalue weighted by molar-refractivity contribution is 5.68. The van der Waals surface area contributed by atoms with Crippen LogP contribution in [0.25, 0.3) is 24.3 Å². The Hall–Kier alpha value is -9.12. The molecular formula is C48H36N8O6. The fourth-order valence-corrected chi connectivity index (χ4v) is 4.95. The second kappa shape index (κ2) is 28.3. The van der Waals surface area contributed by atoms with Gasteiger partial charge in [-0.3, -0.25) is 0 Å². The predicted molar refractivity (Wildman–Crippen MR) is 226 cm³/mol. The highest BCUT2D eigenvalue weighted by Crippen LogP contribution is 2.24. The van der Waals surface area contributed by atoms with Gasteiger partial charge < -0.3 is 28.4 Å². The molecule has 4 aromatic rings. The first-order valence-corrected chi connectivity index (χ1v) is 18.5. The molecule has 0 unspecified atom stereocenters. The Labute approximate surface area is 359 Å². The van der Waals surface area contributed by atoms with E-state index in [-0.39, 0.29) is 48.7 Å². The number of para-hydroxylation sites is 4. The molecular weight excluding hydrogens is 785 g/mol. The van der Waals surface area contributed by atoms with E-state index in [4.69, 9.17) is 70.5 Å². The van der Waals surface area contributed by atoms with E-state index in [9.17, 15) is 0 Å². The third-order valence-electron chi connectivity index (χ3n) is 7.78. The third kappa shape index (κ3) is 16.8. The van der Waals surface area contributed by atoms with Gasteiger partial charge in [0.1, 0.15) is 120 Å². The van der Waals surface area contributed by atoms with Crippen molar-refractivity contribution in [3.8, 4) is 71.6 Å². The van der Waals surface area contributed by atoms with E-state index in [1.54, 1.807) is 97.1 Å². The van der Waals surface area contributed by atoms with Gasteiger partial charge in [0.2, 0.25) is 0 Å². The van der Waals surface area contributed by atoms with Gasteiger partial charge in [-0.15, -0.1) is 0 Å². The van der Waals surface area contributed by atoms with Crippen molar-refractivity contribution >= 4 is 24.3 Å². The maximum atomic E-state index is 8.90. The molecule has 0 bridgehead atoms. The van der Waals surface area contributed by atoms with Crippen LogP contribution in [0.5, 0.6) is 23.0 Å². The van der Waals surface area contributed by atoms with Gasteiger partial charge in [-0.2, -0.15) is 42.1 Å². The Morgan fingerprint density at radius 3 is 0.694 bits per heavy atom. The Morgan fingerprint density at radius 2 is 0.500 bits per heavy atom. The molecule has 0 atom stereocenters. The molecule has 0 aliphatic heterocycles. The number of hydrogen-bond acceptors (Lipinski definition) is 14. The third-order valence-corrected chi connectivity index (χ3v) is 7.78. The van der Waals surface area contributed by atoms with Crippen LogP contribution in [0.4, 0.5) is 0 Å². The van der Waals surface area contributed by atoms with Gasteiger partial charge in [-0.05, 0) is 48.6 Å². The van der Waals surface area contributed by atoms with Crippen molar-refractivity contribution in [2.45, 2.75) is 0 Å². The summed E-state index contributed by atoms with van der Waals surface area (Å²) in [6, 6.07) is 43.0. The van der Waals surface area contributed by atoms with E-state index >= 15 is 0 Å². The summed E-state index contributed by atoms with van der Waals surface area (Å²) in [4.78, 5) is 0. The molecule has 0 saturated heterocycles. The largest absolute Gasteiger partial charge is 0.491 e. The Balaban J connectivity index is 0.000000330. The van der Waals surface area contributed by atoms with Crippen molar-refractivity contribution in [3.63, 3.8) is 0 Å². The lowest BCUT2D eigenvalue weighted by Crippen LogP contribution is -2.12. The Bertz CT molecular complexity index is 2190. The predicted octanol–water partition coefficient (Wildman–Crippen LogP) is 8.04. The minimum atomic E-state index is -0.00349. The standard InChI is InChI=1S/2C24H18N4O3/c2*25-15-19(16-26)13-21-5-1-3-7-23(21)30-11-9-29-10-12-31-24-8-4-2-6-22(24)14-20(17-27)18-28/h2*1-8,13-14H,9-12H2. The van der Waals surface area contributed by atoms with Crippen LogP contribution >= 0.6 is 0 Å². The number of nitriles is 8. The van der Waals surface area contributed by atoms with Crippen molar-refractivity contribution in [2.24, 2.45) is 0 Å². The average molecular weight is 821 g/mol. The van der Waals surface area contributed by atoms with Crippen LogP contribution in [-0.2, 0) is 9.47 Å². The number of rotatable bonds is 20. The van der Waals surface area contributed by atoms with Crippen molar-refractivity contribution < 1.29 is 28.4 Å². The Morgan fingerprint density at radius 1 is 0.306 bits per heavy atom. The van der Waals surface area contributed by atoms with Crippen molar-refractivity contribution in [2.75, 3.05) is 52.9 Å². The summed E-state index contributed by atoms with van der Waals surface area (Å²) in [6.45, 7) is 2.41. The molecule has 0 saturated carbocycles. The number of nitrogens with zero attached hydrogens (tertiary/aromatic N) is 8. The second-order valence-corrected chi connectivity index (χ2v) is 11.9. The molecule has 0 aliphatic carbocycles. The van der Waals surface area contributed by atoms with Crippen LogP contribution in [0.15, 0.2) is 119 Å². The molecule has 4 aromatic carbocycles. The molecule has 62 heavy (non-hydrogen) atoms. The molecule has 14 nitrogen and oxygen atoms in total. The van der Waals surface area contributed by atoms with E-state index in [0.717, 1.165) is 0 Å². The van der Waals surface area contributed by atoms with Gasteiger partial charge in [-0.25, -0.2) is 0 Å². The van der Waals surface area contributed by atoms with Crippen molar-refractivity contribution in [3.05, 3.63) is 142 Å². The monoisotopic (exact) mass is 820 g/mol. The zero-order valence-electron chi connectivity index (χ0n) is 33.2. The number of allylic oxidation sites excluding steroid dienone is 4. The van der Waals surface area contributed by atoms with Gasteiger partial charge in [-0.1, -0.05) is 72.8 Å². The summed E-state index contributed by atoms with van der Waals surface area (Å²) in [7, 11) is 0. The lowest BCUT2D eigenvalue weighted by Gasteiger charge is -2.11. The quantitative estimate of drug-likeness (QED) is 0.0605. The molecule has 4 rings (SSSR count). The number of hydrogen-bond donors (Lipinski definition) is 0. The maximum absolute atomic E-state index is 8.90. The fourth-order valence-electron chi connectivity index (χ4n) is 4.95. The Kier molecular flexibility index (Phi) is 21.6. The summed E-state index contributed by atoms with van der Waals surface area (Å²) in [6.07, 6.45) is 5.89. The zero-order chi connectivity index (χ0) is 44.6. The van der Waals surface area contributed by atoms with E-state index in [1.807, 2.05) is 48.6 Å². The SMILES string of the molecule is N#CC(C#N)=Cc1ccccc1OCCOCCOc1ccccc1C=C(C#N)C#N.N#CC(C#N)=Cc1ccccc1OCCOCCOc1ccccc1C=C(C#N)C#N. The maximum Gasteiger partial charge on any atom is 0.130 e. The highest BCUT2D eigenvalue weighted by atomic mass is 16.6. The lowest BCUT2D eigenvalue weighted by atomic mass is 10.1. The van der Waals surface area contributed by atoms with Crippen molar-refractivity contribution in [1.82, 2.24) is 0 Å². The normalized spacial score (nSPS) is 9.16. The molecule has 0 N–H and O–H groups in total. The van der Waals surface area contributed by atoms with Gasteiger partial charge in [0.05, 0.1) is 26.4 Å². The van der Waals surface area contributed by atoms with E-state index < -0.39 is 0 Å². The molecule has 0 heterocycles. The molecule has 0 radical (unpaired) electrons. The van der Waals surface area contributed by atoms with Crippen LogP contribution in [0.1, 0.15) is 22.3 Å². The minimum Gasteiger partial charge on any atom is -0.491 e. The van der Waals surface area contributed by atoms with Crippen LogP contribution in [0, 0.1) is 90.6 Å². The van der Waals surface area contributed by atoms with Crippen LogP contribution in [0.3, 0.4) is 0 Å². The molecule has 0 aromatic heterocycles. The first-order valence-electron chi connectivity index (χ1n) is 18.5. The van der Waals surface area contributed by atoms with Gasteiger partial charge in [0, 0.05) is 22.3 Å². The van der Waals surface area contributed by atoms with E-state index in [0.29, 0.717) is 71.7 Å². The average Bonchev–Trinajstić information content (AvgIpc) is 3.31. The number of benzene rings is 4. The van der Waals surface area contributed by atoms with Crippen LogP contribution in [-0.4, -0.2) is 52.9 Å². The minimum absolute atomic E-state index is 0.00349. The van der Waals surface area contributed by atoms with Crippen LogP contribution < -0.4 is 18.9 Å². The van der Waals surface area contributed by atoms with Gasteiger partial charge >= 0.3 is 0 Å². The van der Waals surface area contributed by atoms with Crippen LogP contribution in [0.2, 0.25) is 0 Å². The summed E-state index contributed by atoms with van der Waals surface area (Å²) >= 11 is 0. The van der Waals surface area contributed by atoms with Gasteiger partial charge in [0.15, 0.2) is 0 Å². The highest BCUT2D eigenvalue weighted by Gasteiger charge is 2.07. The first-order chi connectivity index (χ1) is 30.4. The molecule has 0 aliphatic rings. The van der Waals surface area contributed by atoms with E-state index in [1.165, 1.54) is 24.3 Å². The fraction of sp³-hybridized carbons (Fsp3) is 0.167. The first kappa shape index (κ1) is 47.3. The lowest BCUT2D eigenvalue weighted by molar-refractivity contribution is 0.0763. The molecule has 0 amide bonds. The second-order valence-electron chi connectivity index (χ2n) is 11.9. The topological polar surface area (TPSA) is 246 Å². The summed E-state index contributed by atoms with van der Waals surface area (Å²) < 4.78 is 33.8. The molecule has 0 fully saturated rings. The molecule has 0 spiro atoms.